The van der Waals surface area contributed by atoms with Crippen molar-refractivity contribution >= 4 is 38.6 Å². The highest BCUT2D eigenvalue weighted by atomic mass is 32.1. The zero-order chi connectivity index (χ0) is 12.4. The standard InChI is InChI=1S/C13H9N3S2/c14-6-11-2-3-12(17-11)8-15-10-1-4-13-9(5-10)7-16-18-13/h1-5,7,15H,8H2. The van der Waals surface area contributed by atoms with Crippen LogP contribution in [0.3, 0.4) is 0 Å². The van der Waals surface area contributed by atoms with Crippen molar-refractivity contribution < 1.29 is 0 Å². The summed E-state index contributed by atoms with van der Waals surface area (Å²) in [5, 5.41) is 13.3. The van der Waals surface area contributed by atoms with E-state index in [1.807, 2.05) is 18.3 Å². The number of rotatable bonds is 3. The van der Waals surface area contributed by atoms with Crippen molar-refractivity contribution in [2.24, 2.45) is 0 Å². The van der Waals surface area contributed by atoms with Crippen LogP contribution in [-0.4, -0.2) is 4.37 Å². The number of fused-ring (bicyclic) bond motifs is 1. The molecule has 1 N–H and O–H groups in total. The van der Waals surface area contributed by atoms with Gasteiger partial charge < -0.3 is 5.32 Å². The predicted molar refractivity (Wildman–Crippen MR) is 76.0 cm³/mol. The van der Waals surface area contributed by atoms with Crippen molar-refractivity contribution in [2.75, 3.05) is 5.32 Å². The van der Waals surface area contributed by atoms with Crippen molar-refractivity contribution in [1.29, 1.82) is 5.26 Å². The molecule has 18 heavy (non-hydrogen) atoms. The second-order valence-corrected chi connectivity index (χ2v) is 5.81. The molecule has 0 aliphatic carbocycles. The van der Waals surface area contributed by atoms with Gasteiger partial charge in [0.05, 0.1) is 4.70 Å². The fourth-order valence-corrected chi connectivity index (χ4v) is 3.07. The minimum atomic E-state index is 0.745. The van der Waals surface area contributed by atoms with Gasteiger partial charge in [-0.2, -0.15) is 9.64 Å². The maximum atomic E-state index is 8.77. The van der Waals surface area contributed by atoms with E-state index in [0.29, 0.717) is 0 Å². The van der Waals surface area contributed by atoms with Gasteiger partial charge in [0.15, 0.2) is 0 Å². The minimum absolute atomic E-state index is 0.745. The van der Waals surface area contributed by atoms with Gasteiger partial charge in [0.2, 0.25) is 0 Å². The summed E-state index contributed by atoms with van der Waals surface area (Å²) in [5.41, 5.74) is 1.08. The van der Waals surface area contributed by atoms with Gasteiger partial charge in [-0.05, 0) is 41.9 Å². The Balaban J connectivity index is 1.74. The predicted octanol–water partition coefficient (Wildman–Crippen LogP) is 3.84. The number of nitrogens with zero attached hydrogens (tertiary/aromatic N) is 2. The first-order chi connectivity index (χ1) is 8.85. The molecular formula is C13H9N3S2. The van der Waals surface area contributed by atoms with Crippen molar-refractivity contribution in [3.63, 3.8) is 0 Å². The van der Waals surface area contributed by atoms with Crippen LogP contribution in [0.4, 0.5) is 5.69 Å². The molecule has 0 unspecified atom stereocenters. The van der Waals surface area contributed by atoms with Gasteiger partial charge in [-0.25, -0.2) is 0 Å². The average molecular weight is 271 g/mol. The van der Waals surface area contributed by atoms with Gasteiger partial charge in [-0.3, -0.25) is 0 Å². The molecule has 0 fully saturated rings. The number of aromatic nitrogens is 1. The average Bonchev–Trinajstić information content (AvgIpc) is 3.04. The van der Waals surface area contributed by atoms with Crippen LogP contribution in [0.2, 0.25) is 0 Å². The fourth-order valence-electron chi connectivity index (χ4n) is 1.70. The van der Waals surface area contributed by atoms with Crippen molar-refractivity contribution in [1.82, 2.24) is 4.37 Å². The molecule has 88 valence electrons. The summed E-state index contributed by atoms with van der Waals surface area (Å²) in [6, 6.07) is 12.2. The fraction of sp³-hybridized carbons (Fsp3) is 0.0769. The number of thiophene rings is 1. The van der Waals surface area contributed by atoms with Crippen LogP contribution in [0.1, 0.15) is 9.75 Å². The van der Waals surface area contributed by atoms with E-state index in [1.54, 1.807) is 0 Å². The van der Waals surface area contributed by atoms with Gasteiger partial charge in [-0.15, -0.1) is 11.3 Å². The Hall–Kier alpha value is -1.90. The van der Waals surface area contributed by atoms with Crippen LogP contribution in [0.15, 0.2) is 36.5 Å². The zero-order valence-electron chi connectivity index (χ0n) is 9.38. The first-order valence-electron chi connectivity index (χ1n) is 5.42. The highest BCUT2D eigenvalue weighted by Crippen LogP contribution is 2.23. The maximum absolute atomic E-state index is 8.77. The molecule has 0 saturated heterocycles. The molecule has 0 radical (unpaired) electrons. The Kier molecular flexibility index (Phi) is 2.97. The van der Waals surface area contributed by atoms with E-state index in [0.717, 1.165) is 27.4 Å². The third-order valence-corrected chi connectivity index (χ3v) is 4.36. The quantitative estimate of drug-likeness (QED) is 0.787. The van der Waals surface area contributed by atoms with E-state index in [-0.39, 0.29) is 0 Å². The summed E-state index contributed by atoms with van der Waals surface area (Å²) in [7, 11) is 0. The van der Waals surface area contributed by atoms with Gasteiger partial charge in [0.25, 0.3) is 0 Å². The summed E-state index contributed by atoms with van der Waals surface area (Å²) in [6.07, 6.45) is 1.88. The Bertz CT molecular complexity index is 721. The molecule has 2 heterocycles. The minimum Gasteiger partial charge on any atom is -0.380 e. The number of nitrogens with one attached hydrogen (secondary N) is 1. The van der Waals surface area contributed by atoms with Crippen LogP contribution in [0.25, 0.3) is 10.1 Å². The topological polar surface area (TPSA) is 48.7 Å². The van der Waals surface area contributed by atoms with Gasteiger partial charge in [0.1, 0.15) is 10.9 Å². The molecular weight excluding hydrogens is 262 g/mol. The summed E-state index contributed by atoms with van der Waals surface area (Å²) >= 11 is 3.03. The Morgan fingerprint density at radius 2 is 2.22 bits per heavy atom. The molecule has 2 aromatic heterocycles. The van der Waals surface area contributed by atoms with Crippen molar-refractivity contribution in [2.45, 2.75) is 6.54 Å². The van der Waals surface area contributed by atoms with E-state index in [4.69, 9.17) is 5.26 Å². The molecule has 3 nitrogen and oxygen atoms in total. The first-order valence-corrected chi connectivity index (χ1v) is 7.01. The summed E-state index contributed by atoms with van der Waals surface area (Å²) < 4.78 is 5.35. The van der Waals surface area contributed by atoms with Crippen LogP contribution in [0.5, 0.6) is 0 Å². The van der Waals surface area contributed by atoms with Crippen molar-refractivity contribution in [3.05, 3.63) is 46.3 Å². The number of benzene rings is 1. The molecule has 3 rings (SSSR count). The molecule has 0 atom stereocenters. The lowest BCUT2D eigenvalue weighted by Gasteiger charge is -2.04. The van der Waals surface area contributed by atoms with Gasteiger partial charge in [0, 0.05) is 28.7 Å². The number of anilines is 1. The number of hydrogen-bond acceptors (Lipinski definition) is 5. The van der Waals surface area contributed by atoms with Crippen molar-refractivity contribution in [3.8, 4) is 6.07 Å². The Morgan fingerprint density at radius 1 is 1.28 bits per heavy atom. The van der Waals surface area contributed by atoms with Crippen LogP contribution in [-0.2, 0) is 6.54 Å². The lowest BCUT2D eigenvalue weighted by molar-refractivity contribution is 1.20. The lowest BCUT2D eigenvalue weighted by Crippen LogP contribution is -1.96. The normalized spacial score (nSPS) is 10.4. The maximum Gasteiger partial charge on any atom is 0.110 e. The third kappa shape index (κ3) is 2.21. The first kappa shape index (κ1) is 11.2. The van der Waals surface area contributed by atoms with E-state index < -0.39 is 0 Å². The number of nitriles is 1. The molecule has 1 aromatic carbocycles. The molecule has 0 aliphatic heterocycles. The monoisotopic (exact) mass is 271 g/mol. The molecule has 0 aliphatic rings. The summed E-state index contributed by atoms with van der Waals surface area (Å²) in [6.45, 7) is 0.745. The van der Waals surface area contributed by atoms with Crippen LogP contribution < -0.4 is 5.32 Å². The van der Waals surface area contributed by atoms with E-state index in [9.17, 15) is 0 Å². The molecule has 3 aromatic rings. The van der Waals surface area contributed by atoms with E-state index >= 15 is 0 Å². The lowest BCUT2D eigenvalue weighted by atomic mass is 10.2. The second-order valence-electron chi connectivity index (χ2n) is 3.81. The molecule has 0 amide bonds. The molecule has 5 heteroatoms. The van der Waals surface area contributed by atoms with Crippen LogP contribution in [0, 0.1) is 11.3 Å². The van der Waals surface area contributed by atoms with E-state index in [1.165, 1.54) is 27.6 Å². The second kappa shape index (κ2) is 4.77. The van der Waals surface area contributed by atoms with E-state index in [2.05, 4.69) is 34.0 Å². The highest BCUT2D eigenvalue weighted by molar-refractivity contribution is 7.13. The molecule has 0 bridgehead atoms. The third-order valence-electron chi connectivity index (χ3n) is 2.59. The highest BCUT2D eigenvalue weighted by Gasteiger charge is 2.01. The Morgan fingerprint density at radius 3 is 3.06 bits per heavy atom. The largest absolute Gasteiger partial charge is 0.380 e. The van der Waals surface area contributed by atoms with Gasteiger partial charge >= 0.3 is 0 Å². The molecule has 0 saturated carbocycles. The SMILES string of the molecule is N#Cc1ccc(CNc2ccc3sncc3c2)s1. The summed E-state index contributed by atoms with van der Waals surface area (Å²) in [5.74, 6) is 0. The Labute approximate surface area is 112 Å². The zero-order valence-corrected chi connectivity index (χ0v) is 11.0. The van der Waals surface area contributed by atoms with Gasteiger partial charge in [-0.1, -0.05) is 0 Å². The number of hydrogen-bond donors (Lipinski definition) is 1. The van der Waals surface area contributed by atoms with Crippen LogP contribution >= 0.6 is 22.9 Å². The summed E-state index contributed by atoms with van der Waals surface area (Å²) in [4.78, 5) is 1.92. The molecule has 0 spiro atoms. The smallest absolute Gasteiger partial charge is 0.110 e.